The van der Waals surface area contributed by atoms with Gasteiger partial charge in [-0.15, -0.1) is 0 Å². The number of hydrogen-bond donors (Lipinski definition) is 0. The average molecular weight is 312 g/mol. The molecule has 0 radical (unpaired) electrons. The lowest BCUT2D eigenvalue weighted by Gasteiger charge is -2.18. The Hall–Kier alpha value is -2.87. The van der Waals surface area contributed by atoms with Crippen molar-refractivity contribution < 1.29 is 0 Å². The van der Waals surface area contributed by atoms with Crippen molar-refractivity contribution >= 4 is 11.0 Å². The molecule has 4 rings (SSSR count). The van der Waals surface area contributed by atoms with E-state index in [4.69, 9.17) is 0 Å². The Morgan fingerprint density at radius 2 is 1.29 bits per heavy atom. The summed E-state index contributed by atoms with van der Waals surface area (Å²) < 4.78 is 2.26. The number of imidazole rings is 1. The highest BCUT2D eigenvalue weighted by Gasteiger charge is 2.14. The van der Waals surface area contributed by atoms with Crippen molar-refractivity contribution in [1.82, 2.24) is 9.55 Å². The van der Waals surface area contributed by atoms with Crippen LogP contribution in [-0.2, 0) is 6.54 Å². The van der Waals surface area contributed by atoms with E-state index in [-0.39, 0.29) is 0 Å². The summed E-state index contributed by atoms with van der Waals surface area (Å²) in [6, 6.07) is 29.9. The molecule has 1 aromatic heterocycles. The van der Waals surface area contributed by atoms with Gasteiger partial charge in [0.25, 0.3) is 0 Å². The molecule has 4 aromatic rings. The number of rotatable bonds is 5. The molecule has 0 fully saturated rings. The Balaban J connectivity index is 1.63. The fraction of sp³-hybridized carbons (Fsp3) is 0.136. The van der Waals surface area contributed by atoms with Gasteiger partial charge in [0.2, 0.25) is 0 Å². The zero-order chi connectivity index (χ0) is 16.2. The molecule has 0 aliphatic heterocycles. The van der Waals surface area contributed by atoms with Crippen molar-refractivity contribution in [3.8, 4) is 0 Å². The van der Waals surface area contributed by atoms with Gasteiger partial charge in [0.15, 0.2) is 0 Å². The van der Waals surface area contributed by atoms with Gasteiger partial charge in [-0.2, -0.15) is 0 Å². The number of aromatic nitrogens is 2. The van der Waals surface area contributed by atoms with Gasteiger partial charge in [-0.25, -0.2) is 4.98 Å². The summed E-state index contributed by atoms with van der Waals surface area (Å²) in [5, 5.41) is 0. The van der Waals surface area contributed by atoms with E-state index in [9.17, 15) is 0 Å². The fourth-order valence-electron chi connectivity index (χ4n) is 3.35. The number of benzene rings is 3. The van der Waals surface area contributed by atoms with E-state index in [0.717, 1.165) is 18.5 Å². The van der Waals surface area contributed by atoms with Crippen LogP contribution in [0.1, 0.15) is 23.5 Å². The van der Waals surface area contributed by atoms with Crippen molar-refractivity contribution in [2.24, 2.45) is 0 Å². The van der Waals surface area contributed by atoms with Crippen molar-refractivity contribution in [2.45, 2.75) is 18.9 Å². The van der Waals surface area contributed by atoms with Gasteiger partial charge in [0.05, 0.1) is 17.4 Å². The SMILES string of the molecule is c1ccc(C(CCn2cnc3ccccc32)c2ccccc2)cc1. The molecule has 1 heterocycles. The van der Waals surface area contributed by atoms with E-state index in [1.165, 1.54) is 16.6 Å². The first-order valence-electron chi connectivity index (χ1n) is 8.41. The number of nitrogens with zero attached hydrogens (tertiary/aromatic N) is 2. The molecule has 0 unspecified atom stereocenters. The lowest BCUT2D eigenvalue weighted by Crippen LogP contribution is -2.06. The van der Waals surface area contributed by atoms with Crippen LogP contribution in [0.4, 0.5) is 0 Å². The highest BCUT2D eigenvalue weighted by atomic mass is 15.0. The third-order valence-electron chi connectivity index (χ3n) is 4.59. The van der Waals surface area contributed by atoms with Crippen LogP contribution in [0.2, 0.25) is 0 Å². The third kappa shape index (κ3) is 2.95. The highest BCUT2D eigenvalue weighted by Crippen LogP contribution is 2.29. The Bertz CT molecular complexity index is 871. The van der Waals surface area contributed by atoms with Crippen LogP contribution in [0.25, 0.3) is 11.0 Å². The maximum atomic E-state index is 4.51. The molecule has 0 atom stereocenters. The first-order chi connectivity index (χ1) is 11.9. The smallest absolute Gasteiger partial charge is 0.0958 e. The van der Waals surface area contributed by atoms with E-state index >= 15 is 0 Å². The summed E-state index contributed by atoms with van der Waals surface area (Å²) in [7, 11) is 0. The minimum absolute atomic E-state index is 0.397. The fourth-order valence-corrected chi connectivity index (χ4v) is 3.35. The maximum Gasteiger partial charge on any atom is 0.0958 e. The predicted octanol–water partition coefficient (Wildman–Crippen LogP) is 5.26. The van der Waals surface area contributed by atoms with Gasteiger partial charge in [0.1, 0.15) is 0 Å². The molecular formula is C22H20N2. The molecule has 0 bridgehead atoms. The van der Waals surface area contributed by atoms with E-state index in [2.05, 4.69) is 88.4 Å². The van der Waals surface area contributed by atoms with E-state index < -0.39 is 0 Å². The van der Waals surface area contributed by atoms with Crippen LogP contribution in [0.15, 0.2) is 91.3 Å². The van der Waals surface area contributed by atoms with Crippen molar-refractivity contribution in [2.75, 3.05) is 0 Å². The van der Waals surface area contributed by atoms with Gasteiger partial charge in [0, 0.05) is 12.5 Å². The lowest BCUT2D eigenvalue weighted by atomic mass is 9.88. The summed E-state index contributed by atoms with van der Waals surface area (Å²) in [5.41, 5.74) is 5.01. The monoisotopic (exact) mass is 312 g/mol. The van der Waals surface area contributed by atoms with Crippen LogP contribution >= 0.6 is 0 Å². The summed E-state index contributed by atoms with van der Waals surface area (Å²) in [6.45, 7) is 0.953. The standard InChI is InChI=1S/C22H20N2/c1-3-9-18(10-4-1)20(19-11-5-2-6-12-19)15-16-24-17-23-21-13-7-8-14-22(21)24/h1-14,17,20H,15-16H2. The largest absolute Gasteiger partial charge is 0.331 e. The van der Waals surface area contributed by atoms with Crippen LogP contribution in [-0.4, -0.2) is 9.55 Å². The van der Waals surface area contributed by atoms with E-state index in [0.29, 0.717) is 5.92 Å². The summed E-state index contributed by atoms with van der Waals surface area (Å²) in [5.74, 6) is 0.397. The Kier molecular flexibility index (Phi) is 4.11. The van der Waals surface area contributed by atoms with E-state index in [1.54, 1.807) is 0 Å². The molecule has 0 aliphatic carbocycles. The minimum Gasteiger partial charge on any atom is -0.331 e. The zero-order valence-corrected chi connectivity index (χ0v) is 13.5. The molecule has 0 aliphatic rings. The highest BCUT2D eigenvalue weighted by molar-refractivity contribution is 5.74. The Labute approximate surface area is 142 Å². The predicted molar refractivity (Wildman–Crippen MR) is 99.1 cm³/mol. The van der Waals surface area contributed by atoms with Gasteiger partial charge < -0.3 is 4.57 Å². The first-order valence-corrected chi connectivity index (χ1v) is 8.41. The zero-order valence-electron chi connectivity index (χ0n) is 13.5. The van der Waals surface area contributed by atoms with Crippen molar-refractivity contribution in [1.29, 1.82) is 0 Å². The second-order valence-electron chi connectivity index (χ2n) is 6.09. The van der Waals surface area contributed by atoms with Crippen LogP contribution < -0.4 is 0 Å². The van der Waals surface area contributed by atoms with Crippen molar-refractivity contribution in [3.05, 3.63) is 102 Å². The Morgan fingerprint density at radius 3 is 1.96 bits per heavy atom. The molecule has 2 heteroatoms. The maximum absolute atomic E-state index is 4.51. The summed E-state index contributed by atoms with van der Waals surface area (Å²) in [6.07, 6.45) is 3.01. The molecule has 118 valence electrons. The van der Waals surface area contributed by atoms with Gasteiger partial charge in [-0.1, -0.05) is 72.8 Å². The molecule has 2 nitrogen and oxygen atoms in total. The second kappa shape index (κ2) is 6.71. The minimum atomic E-state index is 0.397. The van der Waals surface area contributed by atoms with Gasteiger partial charge in [-0.05, 0) is 29.7 Å². The lowest BCUT2D eigenvalue weighted by molar-refractivity contribution is 0.606. The number of para-hydroxylation sites is 2. The molecule has 24 heavy (non-hydrogen) atoms. The van der Waals surface area contributed by atoms with Crippen molar-refractivity contribution in [3.63, 3.8) is 0 Å². The molecule has 0 amide bonds. The summed E-state index contributed by atoms with van der Waals surface area (Å²) >= 11 is 0. The number of hydrogen-bond acceptors (Lipinski definition) is 1. The molecule has 0 saturated heterocycles. The molecule has 3 aromatic carbocycles. The third-order valence-corrected chi connectivity index (χ3v) is 4.59. The Morgan fingerprint density at radius 1 is 0.708 bits per heavy atom. The molecular weight excluding hydrogens is 292 g/mol. The van der Waals surface area contributed by atoms with Gasteiger partial charge in [-0.3, -0.25) is 0 Å². The quantitative estimate of drug-likeness (QED) is 0.491. The molecule has 0 N–H and O–H groups in total. The summed E-state index contributed by atoms with van der Waals surface area (Å²) in [4.78, 5) is 4.51. The van der Waals surface area contributed by atoms with Crippen LogP contribution in [0.5, 0.6) is 0 Å². The molecule has 0 saturated carbocycles. The average Bonchev–Trinajstić information content (AvgIpc) is 3.07. The normalized spacial score (nSPS) is 11.2. The molecule has 0 spiro atoms. The van der Waals surface area contributed by atoms with E-state index in [1.807, 2.05) is 12.4 Å². The van der Waals surface area contributed by atoms with Gasteiger partial charge >= 0.3 is 0 Å². The number of aryl methyl sites for hydroxylation is 1. The second-order valence-corrected chi connectivity index (χ2v) is 6.09. The topological polar surface area (TPSA) is 17.8 Å². The first kappa shape index (κ1) is 14.7. The van der Waals surface area contributed by atoms with Crippen LogP contribution in [0.3, 0.4) is 0 Å². The van der Waals surface area contributed by atoms with Crippen LogP contribution in [0, 0.1) is 0 Å². The number of fused-ring (bicyclic) bond motifs is 1.